The van der Waals surface area contributed by atoms with Crippen molar-refractivity contribution in [3.05, 3.63) is 116 Å². The highest BCUT2D eigenvalue weighted by atomic mass is 19.2. The molecule has 0 bridgehead atoms. The molecule has 0 saturated carbocycles. The number of hydrogen-bond acceptors (Lipinski definition) is 6. The molecule has 34 heavy (non-hydrogen) atoms. The van der Waals surface area contributed by atoms with Gasteiger partial charge in [0.2, 0.25) is 0 Å². The Kier molecular flexibility index (Phi) is 6.43. The third-order valence-corrected chi connectivity index (χ3v) is 5.68. The van der Waals surface area contributed by atoms with Crippen molar-refractivity contribution in [2.45, 2.75) is 19.0 Å². The second kappa shape index (κ2) is 9.44. The number of rotatable bonds is 8. The lowest BCUT2D eigenvalue weighted by Crippen LogP contribution is -2.32. The van der Waals surface area contributed by atoms with Crippen molar-refractivity contribution >= 4 is 11.4 Å². The van der Waals surface area contributed by atoms with Gasteiger partial charge in [0, 0.05) is 11.7 Å². The van der Waals surface area contributed by atoms with E-state index in [9.17, 15) is 23.5 Å². The maximum absolute atomic E-state index is 13.8. The fraction of sp³-hybridized carbons (Fsp3) is 0.154. The lowest BCUT2D eigenvalue weighted by molar-refractivity contribution is 0.414. The van der Waals surface area contributed by atoms with E-state index in [0.29, 0.717) is 17.0 Å². The molecule has 174 valence electrons. The summed E-state index contributed by atoms with van der Waals surface area (Å²) in [4.78, 5) is 23.0. The molecule has 0 fully saturated rings. The van der Waals surface area contributed by atoms with E-state index < -0.39 is 28.2 Å². The number of nitrogens with one attached hydrogen (secondary N) is 2. The van der Waals surface area contributed by atoms with Gasteiger partial charge in [-0.05, 0) is 60.0 Å². The molecule has 0 heterocycles. The van der Waals surface area contributed by atoms with E-state index in [1.807, 2.05) is 37.3 Å². The molecule has 2 atom stereocenters. The van der Waals surface area contributed by atoms with E-state index in [2.05, 4.69) is 10.6 Å². The molecule has 2 unspecified atom stereocenters. The van der Waals surface area contributed by atoms with E-state index in [0.717, 1.165) is 23.3 Å². The van der Waals surface area contributed by atoms with Crippen molar-refractivity contribution in [3.8, 4) is 11.5 Å². The highest BCUT2D eigenvalue weighted by molar-refractivity contribution is 5.69. The van der Waals surface area contributed by atoms with Gasteiger partial charge in [0.15, 0.2) is 17.4 Å². The first-order valence-electron chi connectivity index (χ1n) is 10.5. The number of methoxy groups -OCH3 is 1. The van der Waals surface area contributed by atoms with Gasteiger partial charge >= 0.3 is 0 Å². The summed E-state index contributed by atoms with van der Waals surface area (Å²) in [7, 11) is 1.57. The first kappa shape index (κ1) is 23.1. The molecular weight excluding hydrogens is 442 g/mol. The number of ether oxygens (including phenoxy) is 1. The third kappa shape index (κ3) is 4.53. The van der Waals surface area contributed by atoms with Crippen molar-refractivity contribution < 1.29 is 18.6 Å². The second-order valence-electron chi connectivity index (χ2n) is 7.90. The highest BCUT2D eigenvalue weighted by Crippen LogP contribution is 2.30. The smallest absolute Gasteiger partial charge is 0.271 e. The molecule has 0 radical (unpaired) electrons. The Morgan fingerprint density at radius 2 is 1.56 bits per heavy atom. The zero-order valence-corrected chi connectivity index (χ0v) is 18.4. The fourth-order valence-electron chi connectivity index (χ4n) is 3.75. The Labute approximate surface area is 194 Å². The van der Waals surface area contributed by atoms with Gasteiger partial charge in [-0.25, -0.2) is 8.78 Å². The van der Waals surface area contributed by atoms with E-state index in [4.69, 9.17) is 4.74 Å². The van der Waals surface area contributed by atoms with Gasteiger partial charge in [-0.1, -0.05) is 30.3 Å². The summed E-state index contributed by atoms with van der Waals surface area (Å²) in [5.41, 5.74) is 0.899. The maximum Gasteiger partial charge on any atom is 0.271 e. The quantitative estimate of drug-likeness (QED) is 0.334. The summed E-state index contributed by atoms with van der Waals surface area (Å²) in [6, 6.07) is 17.5. The highest BCUT2D eigenvalue weighted by Gasteiger charge is 2.22. The van der Waals surface area contributed by atoms with Gasteiger partial charge in [-0.2, -0.15) is 0 Å². The van der Waals surface area contributed by atoms with Crippen LogP contribution in [-0.2, 0) is 0 Å². The summed E-state index contributed by atoms with van der Waals surface area (Å²) in [6.45, 7) is 1.84. The SMILES string of the molecule is COc1ccc(C(NC(C)c2ccc(F)c(F)c2)c2cccc(Nc3c(O)c(=O)c3=O)c2)cc1. The summed E-state index contributed by atoms with van der Waals surface area (Å²) in [6.07, 6.45) is 0. The molecule has 0 saturated heterocycles. The fourth-order valence-corrected chi connectivity index (χ4v) is 3.75. The Morgan fingerprint density at radius 1 is 0.853 bits per heavy atom. The standard InChI is InChI=1S/C26H22F2N2O4/c1-14(16-8-11-20(27)21(28)13-16)29-22(15-6-9-19(34-2)10-7-15)17-4-3-5-18(12-17)30-23-24(31)26(33)25(23)32/h3-14,22,29-31H,1-2H3. The molecule has 6 nitrogen and oxygen atoms in total. The van der Waals surface area contributed by atoms with Crippen LogP contribution in [0.2, 0.25) is 0 Å². The topological polar surface area (TPSA) is 87.7 Å². The molecule has 0 aliphatic rings. The molecule has 0 aromatic heterocycles. The van der Waals surface area contributed by atoms with Crippen LogP contribution in [0.1, 0.15) is 35.7 Å². The van der Waals surface area contributed by atoms with E-state index in [1.165, 1.54) is 6.07 Å². The van der Waals surface area contributed by atoms with Crippen LogP contribution in [0.25, 0.3) is 0 Å². The Bertz CT molecular complexity index is 1400. The summed E-state index contributed by atoms with van der Waals surface area (Å²) < 4.78 is 32.5. The molecule has 0 spiro atoms. The van der Waals surface area contributed by atoms with Crippen molar-refractivity contribution in [2.75, 3.05) is 12.4 Å². The van der Waals surface area contributed by atoms with Gasteiger partial charge in [-0.15, -0.1) is 0 Å². The minimum atomic E-state index is -0.925. The molecular formula is C26H22F2N2O4. The van der Waals surface area contributed by atoms with Crippen molar-refractivity contribution in [1.82, 2.24) is 5.32 Å². The van der Waals surface area contributed by atoms with Crippen LogP contribution in [0.5, 0.6) is 11.5 Å². The second-order valence-corrected chi connectivity index (χ2v) is 7.90. The molecule has 4 aromatic rings. The number of halogens is 2. The Hall–Kier alpha value is -4.04. The average Bonchev–Trinajstić information content (AvgIpc) is 2.87. The van der Waals surface area contributed by atoms with Gasteiger partial charge in [0.1, 0.15) is 11.4 Å². The van der Waals surface area contributed by atoms with Gasteiger partial charge in [0.25, 0.3) is 10.9 Å². The van der Waals surface area contributed by atoms with Crippen molar-refractivity contribution in [1.29, 1.82) is 0 Å². The van der Waals surface area contributed by atoms with Crippen molar-refractivity contribution in [3.63, 3.8) is 0 Å². The van der Waals surface area contributed by atoms with E-state index in [-0.39, 0.29) is 17.8 Å². The molecule has 3 N–H and O–H groups in total. The van der Waals surface area contributed by atoms with Crippen LogP contribution in [0, 0.1) is 11.6 Å². The van der Waals surface area contributed by atoms with Crippen LogP contribution in [0.15, 0.2) is 76.3 Å². The minimum absolute atomic E-state index is 0.147. The first-order valence-corrected chi connectivity index (χ1v) is 10.5. The zero-order chi connectivity index (χ0) is 24.4. The molecule has 8 heteroatoms. The zero-order valence-electron chi connectivity index (χ0n) is 18.4. The van der Waals surface area contributed by atoms with E-state index in [1.54, 1.807) is 25.3 Å². The van der Waals surface area contributed by atoms with Crippen LogP contribution in [0.3, 0.4) is 0 Å². The maximum atomic E-state index is 13.8. The molecule has 0 aliphatic heterocycles. The Balaban J connectivity index is 1.68. The van der Waals surface area contributed by atoms with Gasteiger partial charge < -0.3 is 15.2 Å². The van der Waals surface area contributed by atoms with Crippen LogP contribution >= 0.6 is 0 Å². The predicted octanol–water partition coefficient (Wildman–Crippen LogP) is 4.46. The van der Waals surface area contributed by atoms with Gasteiger partial charge in [-0.3, -0.25) is 14.9 Å². The van der Waals surface area contributed by atoms with Crippen molar-refractivity contribution in [2.24, 2.45) is 0 Å². The number of anilines is 2. The summed E-state index contributed by atoms with van der Waals surface area (Å²) in [5.74, 6) is -1.75. The molecule has 0 aliphatic carbocycles. The number of aromatic hydroxyl groups is 1. The first-order chi connectivity index (χ1) is 16.3. The van der Waals surface area contributed by atoms with E-state index >= 15 is 0 Å². The summed E-state index contributed by atoms with van der Waals surface area (Å²) >= 11 is 0. The van der Waals surface area contributed by atoms with Crippen LogP contribution in [-0.4, -0.2) is 12.2 Å². The summed E-state index contributed by atoms with van der Waals surface area (Å²) in [5, 5.41) is 15.9. The number of benzene rings is 3. The van der Waals surface area contributed by atoms with Gasteiger partial charge in [0.05, 0.1) is 13.2 Å². The largest absolute Gasteiger partial charge is 0.502 e. The molecule has 4 rings (SSSR count). The monoisotopic (exact) mass is 464 g/mol. The minimum Gasteiger partial charge on any atom is -0.502 e. The average molecular weight is 464 g/mol. The van der Waals surface area contributed by atoms with Crippen LogP contribution < -0.4 is 26.2 Å². The normalized spacial score (nSPS) is 12.9. The lowest BCUT2D eigenvalue weighted by atomic mass is 9.96. The predicted molar refractivity (Wildman–Crippen MR) is 125 cm³/mol. The molecule has 4 aromatic carbocycles. The van der Waals surface area contributed by atoms with Crippen LogP contribution in [0.4, 0.5) is 20.2 Å². The lowest BCUT2D eigenvalue weighted by Gasteiger charge is -2.25. The number of hydrogen-bond donors (Lipinski definition) is 3. The Morgan fingerprint density at radius 3 is 2.21 bits per heavy atom. The third-order valence-electron chi connectivity index (χ3n) is 5.68. The molecule has 0 amide bonds.